The van der Waals surface area contributed by atoms with E-state index < -0.39 is 0 Å². The highest BCUT2D eigenvalue weighted by Crippen LogP contribution is 2.39. The molecule has 1 fully saturated rings. The fourth-order valence-electron chi connectivity index (χ4n) is 3.95. The number of hydrogen-bond acceptors (Lipinski definition) is 4. The summed E-state index contributed by atoms with van der Waals surface area (Å²) >= 11 is 1.94. The van der Waals surface area contributed by atoms with E-state index in [1.54, 1.807) is 0 Å². The van der Waals surface area contributed by atoms with Gasteiger partial charge in [0.05, 0.1) is 0 Å². The minimum Gasteiger partial charge on any atom is -0.396 e. The van der Waals surface area contributed by atoms with Gasteiger partial charge in [0.2, 0.25) is 0 Å². The Morgan fingerprint density at radius 1 is 0.889 bits per heavy atom. The van der Waals surface area contributed by atoms with Gasteiger partial charge in [0.1, 0.15) is 0 Å². The van der Waals surface area contributed by atoms with Gasteiger partial charge in [0.15, 0.2) is 0 Å². The number of hydrogen-bond donors (Lipinski definition) is 1. The first kappa shape index (κ1) is 18.8. The van der Waals surface area contributed by atoms with E-state index in [-0.39, 0.29) is 0 Å². The second-order valence-electron chi connectivity index (χ2n) is 7.28. The molecule has 1 saturated heterocycles. The quantitative estimate of drug-likeness (QED) is 0.855. The topological polar surface area (TPSA) is 26.7 Å². The van der Waals surface area contributed by atoms with Gasteiger partial charge in [0.25, 0.3) is 0 Å². The van der Waals surface area contributed by atoms with Crippen LogP contribution in [0.5, 0.6) is 0 Å². The third-order valence-electron chi connectivity index (χ3n) is 5.52. The van der Waals surface area contributed by atoms with E-state index in [2.05, 4.69) is 64.4 Å². The van der Waals surface area contributed by atoms with Crippen molar-refractivity contribution >= 4 is 17.3 Å². The van der Waals surface area contributed by atoms with Crippen molar-refractivity contribution in [2.75, 3.05) is 45.9 Å². The molecule has 2 aromatic carbocycles. The normalized spacial score (nSPS) is 19.5. The Balaban J connectivity index is 1.53. The fraction of sp³-hybridized carbons (Fsp3) is 0.391. The Labute approximate surface area is 166 Å². The van der Waals surface area contributed by atoms with E-state index >= 15 is 0 Å². The van der Waals surface area contributed by atoms with Gasteiger partial charge < -0.3 is 10.0 Å². The molecule has 4 rings (SSSR count). The molecule has 2 aliphatic rings. The van der Waals surface area contributed by atoms with Crippen LogP contribution in [0.15, 0.2) is 59.5 Å². The Bertz CT molecular complexity index is 747. The lowest BCUT2D eigenvalue weighted by Gasteiger charge is -2.34. The molecule has 142 valence electrons. The van der Waals surface area contributed by atoms with E-state index in [1.807, 2.05) is 11.8 Å². The van der Waals surface area contributed by atoms with E-state index in [1.165, 1.54) is 27.2 Å². The molecule has 0 aliphatic carbocycles. The lowest BCUT2D eigenvalue weighted by molar-refractivity contribution is 0.133. The van der Waals surface area contributed by atoms with E-state index in [0.29, 0.717) is 6.61 Å². The third kappa shape index (κ3) is 4.46. The maximum Gasteiger partial charge on any atom is 0.0443 e. The summed E-state index contributed by atoms with van der Waals surface area (Å²) in [5.41, 5.74) is 5.57. The molecule has 0 unspecified atom stereocenters. The zero-order valence-electron chi connectivity index (χ0n) is 15.8. The molecule has 2 aromatic rings. The molecule has 2 heterocycles. The van der Waals surface area contributed by atoms with Crippen molar-refractivity contribution in [2.24, 2.45) is 0 Å². The molecule has 1 N–H and O–H groups in total. The molecule has 3 nitrogen and oxygen atoms in total. The van der Waals surface area contributed by atoms with Gasteiger partial charge >= 0.3 is 0 Å². The van der Waals surface area contributed by atoms with Crippen LogP contribution in [-0.4, -0.2) is 60.8 Å². The van der Waals surface area contributed by atoms with Crippen molar-refractivity contribution in [2.45, 2.75) is 17.1 Å². The molecule has 27 heavy (non-hydrogen) atoms. The van der Waals surface area contributed by atoms with Crippen LogP contribution >= 0.6 is 11.8 Å². The first-order valence-electron chi connectivity index (χ1n) is 9.91. The zero-order chi connectivity index (χ0) is 18.5. The average Bonchev–Trinajstić information content (AvgIpc) is 2.88. The lowest BCUT2D eigenvalue weighted by Crippen LogP contribution is -2.46. The number of aliphatic hydroxyl groups is 1. The first-order chi connectivity index (χ1) is 13.3. The second kappa shape index (κ2) is 9.07. The molecule has 0 amide bonds. The smallest absolute Gasteiger partial charge is 0.0443 e. The fourth-order valence-corrected chi connectivity index (χ4v) is 5.03. The van der Waals surface area contributed by atoms with E-state index in [9.17, 15) is 0 Å². The maximum atomic E-state index is 9.01. The summed E-state index contributed by atoms with van der Waals surface area (Å²) in [5.74, 6) is 1.04. The predicted octanol–water partition coefficient (Wildman–Crippen LogP) is 3.72. The molecule has 0 saturated carbocycles. The number of benzene rings is 2. The van der Waals surface area contributed by atoms with Gasteiger partial charge in [0, 0.05) is 56.5 Å². The highest BCUT2D eigenvalue weighted by atomic mass is 32.2. The van der Waals surface area contributed by atoms with Crippen LogP contribution in [0.4, 0.5) is 0 Å². The number of aliphatic hydroxyl groups excluding tert-OH is 1. The maximum absolute atomic E-state index is 9.01. The number of piperazine rings is 1. The number of fused-ring (bicyclic) bond motifs is 2. The van der Waals surface area contributed by atoms with Crippen LogP contribution in [0.3, 0.4) is 0 Å². The minimum absolute atomic E-state index is 0.295. The van der Waals surface area contributed by atoms with Crippen LogP contribution in [0, 0.1) is 0 Å². The number of nitrogens with zero attached hydrogens (tertiary/aromatic N) is 2. The van der Waals surface area contributed by atoms with Gasteiger partial charge in [-0.1, -0.05) is 48.5 Å². The van der Waals surface area contributed by atoms with Crippen molar-refractivity contribution in [3.63, 3.8) is 0 Å². The highest BCUT2D eigenvalue weighted by Gasteiger charge is 2.19. The van der Waals surface area contributed by atoms with E-state index in [4.69, 9.17) is 5.11 Å². The van der Waals surface area contributed by atoms with Crippen LogP contribution in [0.25, 0.3) is 5.57 Å². The van der Waals surface area contributed by atoms with Crippen LogP contribution in [0.2, 0.25) is 0 Å². The van der Waals surface area contributed by atoms with Gasteiger partial charge in [-0.3, -0.25) is 4.90 Å². The number of thioether (sulfide) groups is 1. The highest BCUT2D eigenvalue weighted by molar-refractivity contribution is 7.98. The van der Waals surface area contributed by atoms with Crippen LogP contribution in [-0.2, 0) is 5.75 Å². The summed E-state index contributed by atoms with van der Waals surface area (Å²) in [6, 6.07) is 17.7. The summed E-state index contributed by atoms with van der Waals surface area (Å²) in [6.07, 6.45) is 3.32. The Morgan fingerprint density at radius 3 is 2.41 bits per heavy atom. The summed E-state index contributed by atoms with van der Waals surface area (Å²) in [7, 11) is 0. The van der Waals surface area contributed by atoms with Gasteiger partial charge in [-0.25, -0.2) is 0 Å². The van der Waals surface area contributed by atoms with Crippen molar-refractivity contribution in [1.29, 1.82) is 0 Å². The first-order valence-corrected chi connectivity index (χ1v) is 10.9. The Kier molecular flexibility index (Phi) is 6.30. The Hall–Kier alpha value is -1.59. The molecule has 2 aliphatic heterocycles. The molecular weight excluding hydrogens is 352 g/mol. The van der Waals surface area contributed by atoms with Gasteiger partial charge in [-0.05, 0) is 34.8 Å². The van der Waals surface area contributed by atoms with Crippen molar-refractivity contribution in [1.82, 2.24) is 9.80 Å². The molecule has 4 heteroatoms. The van der Waals surface area contributed by atoms with E-state index in [0.717, 1.165) is 51.4 Å². The van der Waals surface area contributed by atoms with Crippen LogP contribution in [0.1, 0.15) is 23.1 Å². The largest absolute Gasteiger partial charge is 0.396 e. The predicted molar refractivity (Wildman–Crippen MR) is 114 cm³/mol. The summed E-state index contributed by atoms with van der Waals surface area (Å²) < 4.78 is 0. The average molecular weight is 381 g/mol. The summed E-state index contributed by atoms with van der Waals surface area (Å²) in [5, 5.41) is 9.01. The van der Waals surface area contributed by atoms with Crippen LogP contribution < -0.4 is 0 Å². The molecule has 0 aromatic heterocycles. The Morgan fingerprint density at radius 2 is 1.59 bits per heavy atom. The summed E-state index contributed by atoms with van der Waals surface area (Å²) in [6.45, 7) is 6.72. The molecule has 0 bridgehead atoms. The molecule has 0 radical (unpaired) electrons. The van der Waals surface area contributed by atoms with Crippen molar-refractivity contribution in [3.8, 4) is 0 Å². The summed E-state index contributed by atoms with van der Waals surface area (Å²) in [4.78, 5) is 6.40. The van der Waals surface area contributed by atoms with Gasteiger partial charge in [-0.15, -0.1) is 11.8 Å². The van der Waals surface area contributed by atoms with Crippen molar-refractivity contribution < 1.29 is 5.11 Å². The SMILES string of the molecule is OCCCN1CCN(C/C=C2/c3ccccc3CSc3ccccc32)CC1. The third-order valence-corrected chi connectivity index (χ3v) is 6.64. The number of rotatable bonds is 5. The van der Waals surface area contributed by atoms with Crippen molar-refractivity contribution in [3.05, 3.63) is 71.3 Å². The molecular formula is C23H28N2OS. The molecule has 0 spiro atoms. The standard InChI is InChI=1S/C23H28N2OS/c26-17-5-11-24-13-15-25(16-14-24)12-10-21-20-7-2-1-6-19(20)18-27-23-9-4-3-8-22(21)23/h1-4,6-10,26H,5,11-18H2/b21-10-. The minimum atomic E-state index is 0.295. The molecule has 0 atom stereocenters. The zero-order valence-corrected chi connectivity index (χ0v) is 16.6. The second-order valence-corrected chi connectivity index (χ2v) is 8.30. The lowest BCUT2D eigenvalue weighted by atomic mass is 9.94. The monoisotopic (exact) mass is 380 g/mol. The van der Waals surface area contributed by atoms with Gasteiger partial charge in [-0.2, -0.15) is 0 Å².